The van der Waals surface area contributed by atoms with Gasteiger partial charge in [-0.15, -0.1) is 11.8 Å². The minimum Gasteiger partial charge on any atom is -0.302 e. The van der Waals surface area contributed by atoms with Gasteiger partial charge in [-0.2, -0.15) is 0 Å². The Morgan fingerprint density at radius 3 is 2.58 bits per heavy atom. The molecule has 0 aromatic rings. The van der Waals surface area contributed by atoms with Gasteiger partial charge >= 0.3 is 0 Å². The van der Waals surface area contributed by atoms with E-state index in [4.69, 9.17) is 23.2 Å². The van der Waals surface area contributed by atoms with Gasteiger partial charge in [-0.25, -0.2) is 0 Å². The Morgan fingerprint density at radius 2 is 2.25 bits per heavy atom. The molecular weight excluding hydrogens is 217 g/mol. The van der Waals surface area contributed by atoms with Crippen LogP contribution in [0.2, 0.25) is 0 Å². The lowest BCUT2D eigenvalue weighted by Crippen LogP contribution is -2.30. The van der Waals surface area contributed by atoms with Gasteiger partial charge in [0.05, 0.1) is 10.1 Å². The highest BCUT2D eigenvalue weighted by atomic mass is 35.5. The predicted molar refractivity (Wildman–Crippen MR) is 54.0 cm³/mol. The lowest BCUT2D eigenvalue weighted by atomic mass is 10.3. The topological polar surface area (TPSA) is 29.1 Å². The Labute approximate surface area is 86.4 Å². The maximum atomic E-state index is 11.3. The van der Waals surface area contributed by atoms with Crippen molar-refractivity contribution in [3.05, 3.63) is 0 Å². The molecule has 1 fully saturated rings. The average molecular weight is 228 g/mol. The molecule has 70 valence electrons. The highest BCUT2D eigenvalue weighted by Gasteiger charge is 2.36. The molecule has 1 atom stereocenters. The first-order chi connectivity index (χ1) is 5.42. The molecule has 0 amide bonds. The number of carbonyl (C=O) groups excluding carboxylic acids is 1. The highest BCUT2D eigenvalue weighted by Crippen LogP contribution is 2.33. The minimum absolute atomic E-state index is 0.0387. The molecule has 0 spiro atoms. The molecule has 1 aliphatic heterocycles. The van der Waals surface area contributed by atoms with Crippen LogP contribution in [-0.2, 0) is 4.79 Å². The quantitative estimate of drug-likeness (QED) is 0.730. The third-order valence-electron chi connectivity index (χ3n) is 1.68. The van der Waals surface area contributed by atoms with Crippen molar-refractivity contribution in [3.63, 3.8) is 0 Å². The van der Waals surface area contributed by atoms with Crippen LogP contribution in [0.3, 0.4) is 0 Å². The average Bonchev–Trinajstić information content (AvgIpc) is 2.28. The number of carbonyl (C=O) groups is 1. The van der Waals surface area contributed by atoms with E-state index in [1.807, 2.05) is 13.8 Å². The van der Waals surface area contributed by atoms with Gasteiger partial charge in [0, 0.05) is 6.54 Å². The Balaban J connectivity index is 2.53. The number of Topliss-reactive ketones (excluding diaryl/α,β-unsaturated/α-hetero) is 1. The normalized spacial score (nSPS) is 27.9. The number of ketones is 1. The summed E-state index contributed by atoms with van der Waals surface area (Å²) >= 11 is 12.5. The molecule has 1 N–H and O–H groups in total. The van der Waals surface area contributed by atoms with Crippen molar-refractivity contribution in [1.29, 1.82) is 0 Å². The maximum Gasteiger partial charge on any atom is 0.179 e. The van der Waals surface area contributed by atoms with Crippen molar-refractivity contribution in [2.45, 2.75) is 28.8 Å². The van der Waals surface area contributed by atoms with E-state index in [0.717, 1.165) is 0 Å². The van der Waals surface area contributed by atoms with Crippen LogP contribution >= 0.6 is 35.0 Å². The molecule has 0 aromatic carbocycles. The first-order valence-corrected chi connectivity index (χ1v) is 5.42. The highest BCUT2D eigenvalue weighted by molar-refractivity contribution is 8.02. The summed E-state index contributed by atoms with van der Waals surface area (Å²) in [5.74, 6) is -0.0959. The molecule has 1 aliphatic rings. The van der Waals surface area contributed by atoms with Gasteiger partial charge in [0.1, 0.15) is 0 Å². The molecule has 5 heteroatoms. The minimum atomic E-state index is -0.891. The van der Waals surface area contributed by atoms with Gasteiger partial charge in [-0.1, -0.05) is 23.2 Å². The number of rotatable bonds is 2. The van der Waals surface area contributed by atoms with Gasteiger partial charge in [-0.05, 0) is 13.8 Å². The van der Waals surface area contributed by atoms with Gasteiger partial charge in [0.2, 0.25) is 0 Å². The van der Waals surface area contributed by atoms with E-state index < -0.39 is 4.84 Å². The Kier molecular flexibility index (Phi) is 3.32. The lowest BCUT2D eigenvalue weighted by molar-refractivity contribution is -0.116. The molecule has 0 aliphatic carbocycles. The second-order valence-electron chi connectivity index (χ2n) is 3.20. The fraction of sp³-hybridized carbons (Fsp3) is 0.857. The molecule has 2 nitrogen and oxygen atoms in total. The van der Waals surface area contributed by atoms with E-state index in [2.05, 4.69) is 5.32 Å². The summed E-state index contributed by atoms with van der Waals surface area (Å²) in [5, 5.41) is 3.11. The van der Waals surface area contributed by atoms with Crippen LogP contribution in [0.4, 0.5) is 0 Å². The Hall–Kier alpha value is 0.560. The zero-order valence-corrected chi connectivity index (χ0v) is 9.26. The third-order valence-corrected chi connectivity index (χ3v) is 3.53. The molecule has 0 saturated carbocycles. The maximum absolute atomic E-state index is 11.3. The van der Waals surface area contributed by atoms with Crippen molar-refractivity contribution < 1.29 is 4.79 Å². The van der Waals surface area contributed by atoms with Crippen molar-refractivity contribution in [2.24, 2.45) is 0 Å². The lowest BCUT2D eigenvalue weighted by Gasteiger charge is -2.16. The fourth-order valence-corrected chi connectivity index (χ4v) is 2.83. The van der Waals surface area contributed by atoms with E-state index in [1.54, 1.807) is 11.8 Å². The molecule has 0 aromatic heterocycles. The SMILES string of the molecule is CC1(C)NCC(C(=O)C(Cl)Cl)S1. The summed E-state index contributed by atoms with van der Waals surface area (Å²) in [4.78, 5) is 10.4. The monoisotopic (exact) mass is 227 g/mol. The second kappa shape index (κ2) is 3.74. The van der Waals surface area contributed by atoms with Gasteiger partial charge in [-0.3, -0.25) is 4.79 Å². The molecular formula is C7H11Cl2NOS. The number of alkyl halides is 2. The number of thioether (sulfide) groups is 1. The van der Waals surface area contributed by atoms with E-state index in [1.165, 1.54) is 0 Å². The molecule has 1 unspecified atom stereocenters. The molecule has 0 bridgehead atoms. The number of hydrogen-bond acceptors (Lipinski definition) is 3. The van der Waals surface area contributed by atoms with Crippen LogP contribution in [0.25, 0.3) is 0 Å². The Morgan fingerprint density at radius 1 is 1.67 bits per heavy atom. The number of nitrogens with one attached hydrogen (secondary N) is 1. The zero-order chi connectivity index (χ0) is 9.35. The summed E-state index contributed by atoms with van der Waals surface area (Å²) in [5.41, 5.74) is 0. The van der Waals surface area contributed by atoms with E-state index >= 15 is 0 Å². The van der Waals surface area contributed by atoms with Crippen molar-refractivity contribution in [1.82, 2.24) is 5.32 Å². The van der Waals surface area contributed by atoms with Crippen LogP contribution in [0, 0.1) is 0 Å². The second-order valence-corrected chi connectivity index (χ2v) is 6.12. The van der Waals surface area contributed by atoms with Crippen molar-refractivity contribution in [2.75, 3.05) is 6.54 Å². The number of hydrogen-bond donors (Lipinski definition) is 1. The first kappa shape index (κ1) is 10.6. The molecule has 0 radical (unpaired) electrons. The van der Waals surface area contributed by atoms with Gasteiger partial charge < -0.3 is 5.32 Å². The fourth-order valence-electron chi connectivity index (χ4n) is 1.08. The summed E-state index contributed by atoms with van der Waals surface area (Å²) in [7, 11) is 0. The van der Waals surface area contributed by atoms with Gasteiger partial charge in [0.25, 0.3) is 0 Å². The predicted octanol–water partition coefficient (Wildman–Crippen LogP) is 1.80. The molecule has 1 saturated heterocycles. The summed E-state index contributed by atoms with van der Waals surface area (Å²) < 4.78 is 0. The summed E-state index contributed by atoms with van der Waals surface area (Å²) in [6, 6.07) is 0. The number of halogens is 2. The van der Waals surface area contributed by atoms with Crippen LogP contribution in [0.5, 0.6) is 0 Å². The van der Waals surface area contributed by atoms with E-state index in [9.17, 15) is 4.79 Å². The first-order valence-electron chi connectivity index (χ1n) is 3.67. The standard InChI is InChI=1S/C7H11Cl2NOS/c1-7(2)10-3-4(12-7)5(11)6(8)9/h4,6,10H,3H2,1-2H3. The van der Waals surface area contributed by atoms with Crippen LogP contribution in [-0.4, -0.2) is 27.3 Å². The van der Waals surface area contributed by atoms with Gasteiger partial charge in [0.15, 0.2) is 10.6 Å². The zero-order valence-electron chi connectivity index (χ0n) is 6.93. The van der Waals surface area contributed by atoms with E-state index in [-0.39, 0.29) is 15.9 Å². The van der Waals surface area contributed by atoms with Crippen molar-refractivity contribution >= 4 is 40.7 Å². The largest absolute Gasteiger partial charge is 0.302 e. The summed E-state index contributed by atoms with van der Waals surface area (Å²) in [6.07, 6.45) is 0. The molecule has 1 heterocycles. The molecule has 12 heavy (non-hydrogen) atoms. The van der Waals surface area contributed by atoms with Crippen LogP contribution < -0.4 is 5.32 Å². The van der Waals surface area contributed by atoms with Crippen LogP contribution in [0.1, 0.15) is 13.8 Å². The third kappa shape index (κ3) is 2.52. The molecule has 1 rings (SSSR count). The smallest absolute Gasteiger partial charge is 0.179 e. The van der Waals surface area contributed by atoms with E-state index in [0.29, 0.717) is 6.54 Å². The summed E-state index contributed by atoms with van der Waals surface area (Å²) in [6.45, 7) is 4.72. The van der Waals surface area contributed by atoms with Crippen molar-refractivity contribution in [3.8, 4) is 0 Å². The van der Waals surface area contributed by atoms with Crippen LogP contribution in [0.15, 0.2) is 0 Å². The Bertz CT molecular complexity index is 196.